The van der Waals surface area contributed by atoms with E-state index in [9.17, 15) is 9.18 Å². The Labute approximate surface area is 83.8 Å². The molecule has 0 aromatic heterocycles. The molecule has 0 aliphatic rings. The molecule has 0 fully saturated rings. The SMILES string of the molecule is O=Cc1ccc(F)c(OCCBr)c1. The summed E-state index contributed by atoms with van der Waals surface area (Å²) in [4.78, 5) is 10.4. The molecule has 0 spiro atoms. The second-order valence-electron chi connectivity index (χ2n) is 2.35. The highest BCUT2D eigenvalue weighted by Gasteiger charge is 2.03. The highest BCUT2D eigenvalue weighted by Crippen LogP contribution is 2.17. The minimum Gasteiger partial charge on any atom is -0.490 e. The largest absolute Gasteiger partial charge is 0.490 e. The highest BCUT2D eigenvalue weighted by molar-refractivity contribution is 9.09. The average molecular weight is 247 g/mol. The number of carbonyl (C=O) groups is 1. The minimum atomic E-state index is -0.452. The zero-order chi connectivity index (χ0) is 9.68. The fourth-order valence-corrected chi connectivity index (χ4v) is 1.01. The van der Waals surface area contributed by atoms with E-state index in [1.165, 1.54) is 18.2 Å². The van der Waals surface area contributed by atoms with Gasteiger partial charge in [0.25, 0.3) is 0 Å². The lowest BCUT2D eigenvalue weighted by molar-refractivity contribution is 0.112. The lowest BCUT2D eigenvalue weighted by Crippen LogP contribution is -2.00. The van der Waals surface area contributed by atoms with E-state index in [1.807, 2.05) is 0 Å². The number of rotatable bonds is 4. The second-order valence-corrected chi connectivity index (χ2v) is 3.14. The van der Waals surface area contributed by atoms with Crippen LogP contribution in [0.4, 0.5) is 4.39 Å². The average Bonchev–Trinajstić information content (AvgIpc) is 2.17. The zero-order valence-electron chi connectivity index (χ0n) is 6.80. The molecule has 0 N–H and O–H groups in total. The van der Waals surface area contributed by atoms with Gasteiger partial charge in [-0.2, -0.15) is 0 Å². The van der Waals surface area contributed by atoms with Gasteiger partial charge in [-0.3, -0.25) is 4.79 Å². The summed E-state index contributed by atoms with van der Waals surface area (Å²) in [6.45, 7) is 0.374. The van der Waals surface area contributed by atoms with Crippen LogP contribution < -0.4 is 4.74 Å². The third kappa shape index (κ3) is 2.81. The summed E-state index contributed by atoms with van der Waals surface area (Å²) in [5.41, 5.74) is 0.408. The van der Waals surface area contributed by atoms with Gasteiger partial charge in [-0.05, 0) is 18.2 Å². The van der Waals surface area contributed by atoms with Crippen LogP contribution in [0.15, 0.2) is 18.2 Å². The van der Waals surface area contributed by atoms with Crippen molar-refractivity contribution < 1.29 is 13.9 Å². The zero-order valence-corrected chi connectivity index (χ0v) is 8.38. The Hall–Kier alpha value is -0.900. The molecule has 0 radical (unpaired) electrons. The van der Waals surface area contributed by atoms with Gasteiger partial charge in [0, 0.05) is 10.9 Å². The van der Waals surface area contributed by atoms with Crippen LogP contribution in [0.25, 0.3) is 0 Å². The summed E-state index contributed by atoms with van der Waals surface area (Å²) in [7, 11) is 0. The van der Waals surface area contributed by atoms with Crippen LogP contribution in [-0.2, 0) is 0 Å². The molecule has 0 saturated carbocycles. The maximum absolute atomic E-state index is 13.0. The minimum absolute atomic E-state index is 0.115. The Bertz CT molecular complexity index is 302. The molecule has 0 bridgehead atoms. The van der Waals surface area contributed by atoms with E-state index < -0.39 is 5.82 Å². The summed E-state index contributed by atoms with van der Waals surface area (Å²) in [5.74, 6) is -0.337. The second kappa shape index (κ2) is 4.97. The monoisotopic (exact) mass is 246 g/mol. The first-order chi connectivity index (χ1) is 6.27. The van der Waals surface area contributed by atoms with Crippen LogP contribution in [0.3, 0.4) is 0 Å². The fourth-order valence-electron chi connectivity index (χ4n) is 0.852. The molecule has 1 rings (SSSR count). The summed E-state index contributed by atoms with van der Waals surface area (Å²) in [5, 5.41) is 0.623. The Morgan fingerprint density at radius 3 is 2.92 bits per heavy atom. The molecule has 0 saturated heterocycles. The Kier molecular flexibility index (Phi) is 3.89. The molecule has 0 amide bonds. The predicted molar refractivity (Wildman–Crippen MR) is 51.1 cm³/mol. The van der Waals surface area contributed by atoms with Gasteiger partial charge in [0.05, 0.1) is 6.61 Å². The van der Waals surface area contributed by atoms with Gasteiger partial charge < -0.3 is 4.74 Å². The smallest absolute Gasteiger partial charge is 0.165 e. The topological polar surface area (TPSA) is 26.3 Å². The summed E-state index contributed by atoms with van der Waals surface area (Å²) >= 11 is 3.15. The summed E-state index contributed by atoms with van der Waals surface area (Å²) in [6.07, 6.45) is 0.653. The molecule has 1 aromatic rings. The lowest BCUT2D eigenvalue weighted by atomic mass is 10.2. The molecule has 70 valence electrons. The van der Waals surface area contributed by atoms with E-state index in [-0.39, 0.29) is 5.75 Å². The molecular weight excluding hydrogens is 239 g/mol. The molecule has 0 heterocycles. The van der Waals surface area contributed by atoms with Gasteiger partial charge in [-0.1, -0.05) is 15.9 Å². The molecule has 0 unspecified atom stereocenters. The quantitative estimate of drug-likeness (QED) is 0.603. The van der Waals surface area contributed by atoms with Crippen molar-refractivity contribution in [2.45, 2.75) is 0 Å². The van der Waals surface area contributed by atoms with Crippen LogP contribution >= 0.6 is 15.9 Å². The number of halogens is 2. The van der Waals surface area contributed by atoms with Crippen LogP contribution in [-0.4, -0.2) is 18.2 Å². The standard InChI is InChI=1S/C9H8BrFO2/c10-3-4-13-9-5-7(6-12)1-2-8(9)11/h1-2,5-6H,3-4H2. The van der Waals surface area contributed by atoms with Crippen LogP contribution in [0.1, 0.15) is 10.4 Å². The van der Waals surface area contributed by atoms with E-state index in [0.717, 1.165) is 0 Å². The number of aldehydes is 1. The number of alkyl halides is 1. The van der Waals surface area contributed by atoms with E-state index in [4.69, 9.17) is 4.74 Å². The van der Waals surface area contributed by atoms with Gasteiger partial charge in [-0.15, -0.1) is 0 Å². The van der Waals surface area contributed by atoms with Crippen molar-refractivity contribution in [1.29, 1.82) is 0 Å². The number of hydrogen-bond acceptors (Lipinski definition) is 2. The molecular formula is C9H8BrFO2. The number of carbonyl (C=O) groups excluding carboxylic acids is 1. The van der Waals surface area contributed by atoms with Crippen molar-refractivity contribution in [2.24, 2.45) is 0 Å². The maximum atomic E-state index is 13.0. The molecule has 2 nitrogen and oxygen atoms in total. The summed E-state index contributed by atoms with van der Waals surface area (Å²) in [6, 6.07) is 4.00. The van der Waals surface area contributed by atoms with Crippen molar-refractivity contribution in [3.63, 3.8) is 0 Å². The van der Waals surface area contributed by atoms with Crippen molar-refractivity contribution >= 4 is 22.2 Å². The van der Waals surface area contributed by atoms with Gasteiger partial charge in [-0.25, -0.2) is 4.39 Å². The first kappa shape index (κ1) is 10.2. The molecule has 13 heavy (non-hydrogen) atoms. The van der Waals surface area contributed by atoms with Crippen molar-refractivity contribution in [1.82, 2.24) is 0 Å². The van der Waals surface area contributed by atoms with Crippen LogP contribution in [0.5, 0.6) is 5.75 Å². The first-order valence-electron chi connectivity index (χ1n) is 3.71. The highest BCUT2D eigenvalue weighted by atomic mass is 79.9. The third-order valence-electron chi connectivity index (χ3n) is 1.43. The van der Waals surface area contributed by atoms with Crippen LogP contribution in [0, 0.1) is 5.82 Å². The Balaban J connectivity index is 2.83. The summed E-state index contributed by atoms with van der Waals surface area (Å²) < 4.78 is 18.0. The van der Waals surface area contributed by atoms with Gasteiger partial charge in [0.1, 0.15) is 6.29 Å². The fraction of sp³-hybridized carbons (Fsp3) is 0.222. The van der Waals surface area contributed by atoms with Gasteiger partial charge >= 0.3 is 0 Å². The van der Waals surface area contributed by atoms with Crippen molar-refractivity contribution in [3.8, 4) is 5.75 Å². The molecule has 4 heteroatoms. The number of hydrogen-bond donors (Lipinski definition) is 0. The van der Waals surface area contributed by atoms with E-state index in [1.54, 1.807) is 0 Å². The third-order valence-corrected chi connectivity index (χ3v) is 1.75. The number of benzene rings is 1. The van der Waals surface area contributed by atoms with E-state index >= 15 is 0 Å². The van der Waals surface area contributed by atoms with Crippen molar-refractivity contribution in [3.05, 3.63) is 29.6 Å². The molecule has 1 aromatic carbocycles. The normalized spacial score (nSPS) is 9.69. The molecule has 0 aliphatic heterocycles. The van der Waals surface area contributed by atoms with E-state index in [2.05, 4.69) is 15.9 Å². The number of ether oxygens (including phenoxy) is 1. The Morgan fingerprint density at radius 1 is 1.54 bits per heavy atom. The maximum Gasteiger partial charge on any atom is 0.165 e. The first-order valence-corrected chi connectivity index (χ1v) is 4.83. The Morgan fingerprint density at radius 2 is 2.31 bits per heavy atom. The molecule has 0 aliphatic carbocycles. The van der Waals surface area contributed by atoms with Crippen LogP contribution in [0.2, 0.25) is 0 Å². The van der Waals surface area contributed by atoms with Crippen molar-refractivity contribution in [2.75, 3.05) is 11.9 Å². The predicted octanol–water partition coefficient (Wildman–Crippen LogP) is 2.41. The molecule has 0 atom stereocenters. The van der Waals surface area contributed by atoms with Gasteiger partial charge in [0.2, 0.25) is 0 Å². The van der Waals surface area contributed by atoms with Gasteiger partial charge in [0.15, 0.2) is 11.6 Å². The van der Waals surface area contributed by atoms with E-state index in [0.29, 0.717) is 23.8 Å². The lowest BCUT2D eigenvalue weighted by Gasteiger charge is -2.05.